The quantitative estimate of drug-likeness (QED) is 0.873. The Hall–Kier alpha value is -2.44. The molecule has 0 atom stereocenters. The molecule has 0 aliphatic heterocycles. The van der Waals surface area contributed by atoms with Crippen LogP contribution in [-0.2, 0) is 6.42 Å². The molecule has 2 N–H and O–H groups in total. The number of aromatic amines is 1. The van der Waals surface area contributed by atoms with Gasteiger partial charge >= 0.3 is 0 Å². The Bertz CT molecular complexity index is 774. The van der Waals surface area contributed by atoms with E-state index in [4.69, 9.17) is 4.52 Å². The van der Waals surface area contributed by atoms with Gasteiger partial charge in [0.15, 0.2) is 5.82 Å². The zero-order valence-electron chi connectivity index (χ0n) is 13.3. The third-order valence-electron chi connectivity index (χ3n) is 4.16. The monoisotopic (exact) mass is 316 g/mol. The summed E-state index contributed by atoms with van der Waals surface area (Å²) >= 11 is 0. The fraction of sp³-hybridized carbons (Fsp3) is 0.500. The smallest absolute Gasteiger partial charge is 0.261 e. The molecule has 2 aromatic rings. The highest BCUT2D eigenvalue weighted by Gasteiger charge is 2.25. The van der Waals surface area contributed by atoms with E-state index in [1.54, 1.807) is 19.9 Å². The second-order valence-electron chi connectivity index (χ2n) is 6.02. The van der Waals surface area contributed by atoms with Gasteiger partial charge in [-0.1, -0.05) is 11.6 Å². The summed E-state index contributed by atoms with van der Waals surface area (Å²) in [5, 5.41) is 6.66. The minimum Gasteiger partial charge on any atom is -0.351 e. The summed E-state index contributed by atoms with van der Waals surface area (Å²) in [6.45, 7) is 3.89. The van der Waals surface area contributed by atoms with Crippen molar-refractivity contribution in [3.63, 3.8) is 0 Å². The fourth-order valence-corrected chi connectivity index (χ4v) is 2.70. The van der Waals surface area contributed by atoms with Gasteiger partial charge in [0.2, 0.25) is 5.89 Å². The first-order valence-corrected chi connectivity index (χ1v) is 7.86. The van der Waals surface area contributed by atoms with Crippen molar-refractivity contribution in [1.82, 2.24) is 20.4 Å². The molecule has 3 rings (SSSR count). The van der Waals surface area contributed by atoms with Crippen molar-refractivity contribution in [2.24, 2.45) is 0 Å². The van der Waals surface area contributed by atoms with Gasteiger partial charge < -0.3 is 14.8 Å². The van der Waals surface area contributed by atoms with Crippen LogP contribution >= 0.6 is 0 Å². The number of nitrogens with zero attached hydrogens (tertiary/aromatic N) is 2. The average molecular weight is 316 g/mol. The fourth-order valence-electron chi connectivity index (χ4n) is 2.70. The highest BCUT2D eigenvalue weighted by Crippen LogP contribution is 2.35. The van der Waals surface area contributed by atoms with E-state index in [1.165, 1.54) is 6.42 Å². The van der Waals surface area contributed by atoms with Crippen molar-refractivity contribution in [3.8, 4) is 0 Å². The number of carbonyl (C=O) groups excluding carboxylic acids is 1. The summed E-state index contributed by atoms with van der Waals surface area (Å²) in [6, 6.07) is 1.78. The molecule has 1 saturated carbocycles. The molecule has 7 nitrogen and oxygen atoms in total. The van der Waals surface area contributed by atoms with Crippen LogP contribution in [0.15, 0.2) is 15.4 Å². The Morgan fingerprint density at radius 1 is 1.43 bits per heavy atom. The maximum Gasteiger partial charge on any atom is 0.261 e. The van der Waals surface area contributed by atoms with Crippen LogP contribution in [0.3, 0.4) is 0 Å². The predicted octanol–water partition coefficient (Wildman–Crippen LogP) is 1.61. The average Bonchev–Trinajstić information content (AvgIpc) is 2.83. The molecule has 0 radical (unpaired) electrons. The molecule has 0 aromatic carbocycles. The lowest BCUT2D eigenvalue weighted by atomic mass is 9.85. The van der Waals surface area contributed by atoms with Gasteiger partial charge in [-0.3, -0.25) is 9.59 Å². The minimum absolute atomic E-state index is 0.152. The van der Waals surface area contributed by atoms with Crippen LogP contribution in [-0.4, -0.2) is 27.6 Å². The van der Waals surface area contributed by atoms with E-state index in [0.29, 0.717) is 36.2 Å². The SMILES string of the molecule is Cc1cc(C)c(C(=O)NCCc2noc(C3CCC3)n2)c(=O)[nH]1. The van der Waals surface area contributed by atoms with Crippen LogP contribution < -0.4 is 10.9 Å². The third-order valence-corrected chi connectivity index (χ3v) is 4.16. The number of rotatable bonds is 5. The van der Waals surface area contributed by atoms with Crippen molar-refractivity contribution in [2.45, 2.75) is 45.4 Å². The van der Waals surface area contributed by atoms with E-state index >= 15 is 0 Å². The second kappa shape index (κ2) is 6.36. The minimum atomic E-state index is -0.383. The van der Waals surface area contributed by atoms with Gasteiger partial charge in [-0.15, -0.1) is 0 Å². The summed E-state index contributed by atoms with van der Waals surface area (Å²) in [5.74, 6) is 1.30. The molecule has 0 unspecified atom stereocenters. The molecular weight excluding hydrogens is 296 g/mol. The Labute approximate surface area is 133 Å². The van der Waals surface area contributed by atoms with E-state index in [2.05, 4.69) is 20.4 Å². The first kappa shape index (κ1) is 15.5. The Kier molecular flexibility index (Phi) is 4.27. The van der Waals surface area contributed by atoms with Crippen molar-refractivity contribution in [3.05, 3.63) is 45.0 Å². The van der Waals surface area contributed by atoms with E-state index in [1.807, 2.05) is 0 Å². The van der Waals surface area contributed by atoms with Crippen molar-refractivity contribution in [1.29, 1.82) is 0 Å². The molecule has 1 fully saturated rings. The molecular formula is C16H20N4O3. The normalized spacial score (nSPS) is 14.5. The number of pyridine rings is 1. The van der Waals surface area contributed by atoms with Crippen molar-refractivity contribution < 1.29 is 9.32 Å². The van der Waals surface area contributed by atoms with E-state index in [0.717, 1.165) is 18.5 Å². The third kappa shape index (κ3) is 3.33. The molecule has 7 heteroatoms. The predicted molar refractivity (Wildman–Crippen MR) is 83.5 cm³/mol. The van der Waals surface area contributed by atoms with E-state index in [-0.39, 0.29) is 17.0 Å². The van der Waals surface area contributed by atoms with E-state index < -0.39 is 0 Å². The van der Waals surface area contributed by atoms with Gasteiger partial charge in [0.05, 0.1) is 0 Å². The molecule has 1 amide bonds. The molecule has 122 valence electrons. The van der Waals surface area contributed by atoms with Crippen LogP contribution in [0.25, 0.3) is 0 Å². The number of aromatic nitrogens is 3. The maximum absolute atomic E-state index is 12.2. The lowest BCUT2D eigenvalue weighted by Gasteiger charge is -2.20. The van der Waals surface area contributed by atoms with Gasteiger partial charge in [0, 0.05) is 24.6 Å². The van der Waals surface area contributed by atoms with Gasteiger partial charge in [0.25, 0.3) is 11.5 Å². The van der Waals surface area contributed by atoms with Crippen molar-refractivity contribution >= 4 is 5.91 Å². The first-order chi connectivity index (χ1) is 11.0. The lowest BCUT2D eigenvalue weighted by Crippen LogP contribution is -2.32. The second-order valence-corrected chi connectivity index (χ2v) is 6.02. The standard InChI is InChI=1S/C16H20N4O3/c1-9-8-10(2)18-15(22)13(9)14(21)17-7-6-12-19-16(23-20-12)11-4-3-5-11/h8,11H,3-7H2,1-2H3,(H,17,21)(H,18,22). The topological polar surface area (TPSA) is 101 Å². The van der Waals surface area contributed by atoms with Crippen LogP contribution in [0.1, 0.15) is 58.5 Å². The highest BCUT2D eigenvalue weighted by molar-refractivity contribution is 5.95. The number of H-pyrrole nitrogens is 1. The molecule has 0 saturated heterocycles. The summed E-state index contributed by atoms with van der Waals surface area (Å²) < 4.78 is 5.23. The number of hydrogen-bond donors (Lipinski definition) is 2. The molecule has 2 aromatic heterocycles. The molecule has 1 aliphatic rings. The van der Waals surface area contributed by atoms with Crippen molar-refractivity contribution in [2.75, 3.05) is 6.54 Å². The highest BCUT2D eigenvalue weighted by atomic mass is 16.5. The molecule has 0 spiro atoms. The number of nitrogens with one attached hydrogen (secondary N) is 2. The number of amides is 1. The molecule has 1 aliphatic carbocycles. The lowest BCUT2D eigenvalue weighted by molar-refractivity contribution is 0.0951. The summed E-state index contributed by atoms with van der Waals surface area (Å²) in [6.07, 6.45) is 3.90. The Morgan fingerprint density at radius 2 is 2.22 bits per heavy atom. The van der Waals surface area contributed by atoms with E-state index in [9.17, 15) is 9.59 Å². The van der Waals surface area contributed by atoms with Crippen LogP contribution in [0.4, 0.5) is 0 Å². The van der Waals surface area contributed by atoms with Gasteiger partial charge in [0.1, 0.15) is 5.56 Å². The Morgan fingerprint density at radius 3 is 2.87 bits per heavy atom. The summed E-state index contributed by atoms with van der Waals surface area (Å²) in [7, 11) is 0. The largest absolute Gasteiger partial charge is 0.351 e. The van der Waals surface area contributed by atoms with Crippen LogP contribution in [0.2, 0.25) is 0 Å². The number of hydrogen-bond acceptors (Lipinski definition) is 5. The molecule has 2 heterocycles. The molecule has 23 heavy (non-hydrogen) atoms. The van der Waals surface area contributed by atoms with Crippen LogP contribution in [0.5, 0.6) is 0 Å². The maximum atomic E-state index is 12.2. The summed E-state index contributed by atoms with van der Waals surface area (Å²) in [5.41, 5.74) is 1.18. The van der Waals surface area contributed by atoms with Gasteiger partial charge in [-0.2, -0.15) is 4.98 Å². The van der Waals surface area contributed by atoms with Gasteiger partial charge in [-0.05, 0) is 38.3 Å². The zero-order valence-corrected chi connectivity index (χ0v) is 13.3. The number of aryl methyl sites for hydroxylation is 2. The number of carbonyl (C=O) groups is 1. The first-order valence-electron chi connectivity index (χ1n) is 7.86. The zero-order chi connectivity index (χ0) is 16.4. The van der Waals surface area contributed by atoms with Crippen LogP contribution in [0, 0.1) is 13.8 Å². The van der Waals surface area contributed by atoms with Gasteiger partial charge in [-0.25, -0.2) is 0 Å². The summed E-state index contributed by atoms with van der Waals surface area (Å²) in [4.78, 5) is 31.1. The Balaban J connectivity index is 1.57. The molecule has 0 bridgehead atoms.